The molecule has 98 valence electrons. The summed E-state index contributed by atoms with van der Waals surface area (Å²) in [5.74, 6) is -1.04. The molecule has 2 aromatic rings. The van der Waals surface area contributed by atoms with Gasteiger partial charge in [0.15, 0.2) is 0 Å². The molecule has 1 amide bonds. The van der Waals surface area contributed by atoms with Crippen molar-refractivity contribution in [2.45, 2.75) is 6.61 Å². The summed E-state index contributed by atoms with van der Waals surface area (Å²) in [6.07, 6.45) is 0. The average molecular weight is 277 g/mol. The first-order valence-corrected chi connectivity index (χ1v) is 6.28. The van der Waals surface area contributed by atoms with E-state index in [4.69, 9.17) is 15.6 Å². The van der Waals surface area contributed by atoms with E-state index in [0.29, 0.717) is 16.9 Å². The monoisotopic (exact) mass is 277 g/mol. The predicted octanol–water partition coefficient (Wildman–Crippen LogP) is 2.12. The fourth-order valence-corrected chi connectivity index (χ4v) is 2.28. The van der Waals surface area contributed by atoms with Crippen LogP contribution in [0.5, 0.6) is 5.75 Å². The molecule has 0 fully saturated rings. The van der Waals surface area contributed by atoms with E-state index in [1.165, 1.54) is 6.07 Å². The molecular formula is C13H11NO4S. The highest BCUT2D eigenvalue weighted by atomic mass is 32.1. The van der Waals surface area contributed by atoms with Gasteiger partial charge in [-0.05, 0) is 29.6 Å². The molecule has 0 spiro atoms. The van der Waals surface area contributed by atoms with Gasteiger partial charge in [-0.25, -0.2) is 4.79 Å². The molecule has 1 aromatic carbocycles. The van der Waals surface area contributed by atoms with Crippen LogP contribution in [-0.4, -0.2) is 17.0 Å². The number of nitrogens with two attached hydrogens (primary N) is 1. The molecule has 1 aromatic heterocycles. The number of aromatic carboxylic acids is 1. The number of hydrogen-bond acceptors (Lipinski definition) is 4. The summed E-state index contributed by atoms with van der Waals surface area (Å²) in [6, 6.07) is 8.14. The number of hydrogen-bond donors (Lipinski definition) is 2. The van der Waals surface area contributed by atoms with Crippen LogP contribution in [-0.2, 0) is 6.61 Å². The topological polar surface area (TPSA) is 89.6 Å². The lowest BCUT2D eigenvalue weighted by Gasteiger charge is -2.06. The van der Waals surface area contributed by atoms with Crippen LogP contribution < -0.4 is 10.5 Å². The van der Waals surface area contributed by atoms with Crippen LogP contribution in [0.2, 0.25) is 0 Å². The van der Waals surface area contributed by atoms with E-state index in [9.17, 15) is 9.59 Å². The Balaban J connectivity index is 2.10. The van der Waals surface area contributed by atoms with Gasteiger partial charge in [0.05, 0.1) is 0 Å². The van der Waals surface area contributed by atoms with Gasteiger partial charge in [0, 0.05) is 11.1 Å². The van der Waals surface area contributed by atoms with Crippen molar-refractivity contribution in [3.05, 3.63) is 51.7 Å². The van der Waals surface area contributed by atoms with Crippen molar-refractivity contribution < 1.29 is 19.4 Å². The number of ether oxygens (including phenoxy) is 1. The zero-order valence-electron chi connectivity index (χ0n) is 9.83. The molecule has 6 heteroatoms. The lowest BCUT2D eigenvalue weighted by atomic mass is 10.2. The molecule has 0 bridgehead atoms. The number of carboxylic acids is 1. The van der Waals surface area contributed by atoms with Gasteiger partial charge in [0.1, 0.15) is 17.2 Å². The molecule has 0 aliphatic carbocycles. The number of carbonyl (C=O) groups is 2. The van der Waals surface area contributed by atoms with Crippen LogP contribution in [0.3, 0.4) is 0 Å². The molecule has 1 heterocycles. The van der Waals surface area contributed by atoms with Crippen molar-refractivity contribution in [3.8, 4) is 5.75 Å². The fraction of sp³-hybridized carbons (Fsp3) is 0.0769. The minimum atomic E-state index is -0.973. The van der Waals surface area contributed by atoms with Crippen molar-refractivity contribution in [3.63, 3.8) is 0 Å². The third kappa shape index (κ3) is 3.11. The maximum absolute atomic E-state index is 11.0. The smallest absolute Gasteiger partial charge is 0.346 e. The zero-order valence-corrected chi connectivity index (χ0v) is 10.6. The molecule has 0 saturated heterocycles. The van der Waals surface area contributed by atoms with Gasteiger partial charge in [-0.3, -0.25) is 4.79 Å². The van der Waals surface area contributed by atoms with Crippen molar-refractivity contribution in [2.75, 3.05) is 0 Å². The van der Waals surface area contributed by atoms with Gasteiger partial charge in [-0.2, -0.15) is 0 Å². The van der Waals surface area contributed by atoms with Crippen LogP contribution in [0, 0.1) is 0 Å². The van der Waals surface area contributed by atoms with Gasteiger partial charge in [0.25, 0.3) is 0 Å². The summed E-state index contributed by atoms with van der Waals surface area (Å²) in [6.45, 7) is 0.132. The van der Waals surface area contributed by atoms with Crippen LogP contribution in [0.25, 0.3) is 0 Å². The first kappa shape index (κ1) is 13.1. The first-order chi connectivity index (χ1) is 9.08. The number of primary amides is 1. The largest absolute Gasteiger partial charge is 0.489 e. The van der Waals surface area contributed by atoms with Gasteiger partial charge in [-0.1, -0.05) is 6.07 Å². The van der Waals surface area contributed by atoms with E-state index >= 15 is 0 Å². The van der Waals surface area contributed by atoms with E-state index in [-0.39, 0.29) is 11.5 Å². The summed E-state index contributed by atoms with van der Waals surface area (Å²) in [5.41, 5.74) is 6.11. The fourth-order valence-electron chi connectivity index (χ4n) is 1.54. The standard InChI is InChI=1S/C13H11NO4S/c14-12(15)8-2-1-3-10(6-8)18-7-9-4-5-19-11(9)13(16)17/h1-6H,7H2,(H2,14,15)(H,16,17). The second-order valence-corrected chi connectivity index (χ2v) is 4.68. The van der Waals surface area contributed by atoms with Gasteiger partial charge < -0.3 is 15.6 Å². The van der Waals surface area contributed by atoms with Gasteiger partial charge in [-0.15, -0.1) is 11.3 Å². The third-order valence-corrected chi connectivity index (χ3v) is 3.40. The minimum absolute atomic E-state index is 0.132. The average Bonchev–Trinajstić information content (AvgIpc) is 2.85. The Bertz CT molecular complexity index is 621. The minimum Gasteiger partial charge on any atom is -0.489 e. The highest BCUT2D eigenvalue weighted by Crippen LogP contribution is 2.20. The summed E-state index contributed by atoms with van der Waals surface area (Å²) in [4.78, 5) is 22.2. The zero-order chi connectivity index (χ0) is 13.8. The number of amides is 1. The molecular weight excluding hydrogens is 266 g/mol. The predicted molar refractivity (Wildman–Crippen MR) is 70.6 cm³/mol. The van der Waals surface area contributed by atoms with Crippen LogP contribution >= 0.6 is 11.3 Å². The second kappa shape index (κ2) is 5.53. The van der Waals surface area contributed by atoms with Crippen molar-refractivity contribution in [1.82, 2.24) is 0 Å². The third-order valence-electron chi connectivity index (χ3n) is 2.45. The van der Waals surface area contributed by atoms with Crippen LogP contribution in [0.4, 0.5) is 0 Å². The van der Waals surface area contributed by atoms with E-state index in [1.807, 2.05) is 0 Å². The summed E-state index contributed by atoms with van der Waals surface area (Å²) in [5, 5.41) is 10.7. The van der Waals surface area contributed by atoms with Gasteiger partial charge in [0.2, 0.25) is 5.91 Å². The highest BCUT2D eigenvalue weighted by molar-refractivity contribution is 7.12. The van der Waals surface area contributed by atoms with Crippen LogP contribution in [0.15, 0.2) is 35.7 Å². The number of rotatable bonds is 5. The Hall–Kier alpha value is -2.34. The highest BCUT2D eigenvalue weighted by Gasteiger charge is 2.12. The molecule has 0 radical (unpaired) electrons. The molecule has 5 nitrogen and oxygen atoms in total. The van der Waals surface area contributed by atoms with Crippen molar-refractivity contribution in [2.24, 2.45) is 5.73 Å². The maximum atomic E-state index is 11.0. The molecule has 3 N–H and O–H groups in total. The molecule has 19 heavy (non-hydrogen) atoms. The Morgan fingerprint density at radius 3 is 2.79 bits per heavy atom. The quantitative estimate of drug-likeness (QED) is 0.876. The second-order valence-electron chi connectivity index (χ2n) is 3.76. The summed E-state index contributed by atoms with van der Waals surface area (Å²) >= 11 is 1.15. The van der Waals surface area contributed by atoms with Crippen molar-refractivity contribution >= 4 is 23.2 Å². The molecule has 0 unspecified atom stereocenters. The molecule has 0 atom stereocenters. The molecule has 0 saturated carbocycles. The number of carbonyl (C=O) groups excluding carboxylic acids is 1. The molecule has 2 rings (SSSR count). The molecule has 0 aliphatic heterocycles. The summed E-state index contributed by atoms with van der Waals surface area (Å²) < 4.78 is 5.47. The van der Waals surface area contributed by atoms with Crippen molar-refractivity contribution in [1.29, 1.82) is 0 Å². The number of thiophene rings is 1. The lowest BCUT2D eigenvalue weighted by molar-refractivity contribution is 0.0699. The molecule has 0 aliphatic rings. The van der Waals surface area contributed by atoms with E-state index in [2.05, 4.69) is 0 Å². The van der Waals surface area contributed by atoms with E-state index < -0.39 is 11.9 Å². The van der Waals surface area contributed by atoms with Gasteiger partial charge >= 0.3 is 5.97 Å². The van der Waals surface area contributed by atoms with E-state index in [0.717, 1.165) is 11.3 Å². The summed E-state index contributed by atoms with van der Waals surface area (Å²) in [7, 11) is 0. The number of benzene rings is 1. The number of carboxylic acid groups (broad SMARTS) is 1. The Morgan fingerprint density at radius 2 is 2.11 bits per heavy atom. The maximum Gasteiger partial charge on any atom is 0.346 e. The Kier molecular flexibility index (Phi) is 3.82. The lowest BCUT2D eigenvalue weighted by Crippen LogP contribution is -2.10. The normalized spacial score (nSPS) is 10.1. The Morgan fingerprint density at radius 1 is 1.32 bits per heavy atom. The SMILES string of the molecule is NC(=O)c1cccc(OCc2ccsc2C(=O)O)c1. The van der Waals surface area contributed by atoms with E-state index in [1.54, 1.807) is 29.6 Å². The van der Waals surface area contributed by atoms with Crippen LogP contribution in [0.1, 0.15) is 25.6 Å². The Labute approximate surface area is 113 Å². The first-order valence-electron chi connectivity index (χ1n) is 5.40.